The quantitative estimate of drug-likeness (QED) is 0.657. The third kappa shape index (κ3) is 4.15. The van der Waals surface area contributed by atoms with Gasteiger partial charge in [0.2, 0.25) is 5.95 Å². The Bertz CT molecular complexity index is 1010. The summed E-state index contributed by atoms with van der Waals surface area (Å²) < 4.78 is 4.75. The lowest BCUT2D eigenvalue weighted by atomic mass is 10.1. The van der Waals surface area contributed by atoms with E-state index in [-0.39, 0.29) is 11.3 Å². The highest BCUT2D eigenvalue weighted by molar-refractivity contribution is 6.07. The van der Waals surface area contributed by atoms with Crippen LogP contribution in [0.2, 0.25) is 0 Å². The largest absolute Gasteiger partial charge is 0.465 e. The van der Waals surface area contributed by atoms with Crippen LogP contribution in [0, 0.1) is 13.8 Å². The molecule has 0 aliphatic rings. The number of esters is 1. The number of methoxy groups -OCH3 is 1. The number of aromatic nitrogens is 2. The second-order valence-electron chi connectivity index (χ2n) is 6.15. The zero-order valence-electron chi connectivity index (χ0n) is 15.8. The summed E-state index contributed by atoms with van der Waals surface area (Å²) in [5, 5.41) is 5.86. The third-order valence-corrected chi connectivity index (χ3v) is 4.19. The minimum absolute atomic E-state index is 0.170. The van der Waals surface area contributed by atoms with E-state index in [0.29, 0.717) is 11.6 Å². The van der Waals surface area contributed by atoms with Crippen LogP contribution in [0.4, 0.5) is 17.3 Å². The molecule has 0 saturated carbocycles. The van der Waals surface area contributed by atoms with Gasteiger partial charge in [-0.05, 0) is 43.2 Å². The maximum Gasteiger partial charge on any atom is 0.339 e. The van der Waals surface area contributed by atoms with E-state index in [2.05, 4.69) is 20.6 Å². The van der Waals surface area contributed by atoms with Crippen LogP contribution in [-0.4, -0.2) is 29.0 Å². The van der Waals surface area contributed by atoms with Crippen molar-refractivity contribution in [1.29, 1.82) is 0 Å². The van der Waals surface area contributed by atoms with Gasteiger partial charge in [0.1, 0.15) is 5.69 Å². The fraction of sp³-hybridized carbons (Fsp3) is 0.143. The number of amides is 1. The van der Waals surface area contributed by atoms with Crippen molar-refractivity contribution >= 4 is 29.2 Å². The van der Waals surface area contributed by atoms with Gasteiger partial charge in [-0.3, -0.25) is 4.79 Å². The Balaban J connectivity index is 1.83. The van der Waals surface area contributed by atoms with Crippen LogP contribution in [-0.2, 0) is 4.74 Å². The van der Waals surface area contributed by atoms with E-state index in [4.69, 9.17) is 4.74 Å². The number of benzene rings is 2. The highest BCUT2D eigenvalue weighted by Gasteiger charge is 2.16. The Kier molecular flexibility index (Phi) is 5.64. The van der Waals surface area contributed by atoms with Gasteiger partial charge in [0.15, 0.2) is 0 Å². The average molecular weight is 376 g/mol. The number of nitrogens with zero attached hydrogens (tertiary/aromatic N) is 2. The van der Waals surface area contributed by atoms with Crippen molar-refractivity contribution in [3.8, 4) is 0 Å². The molecule has 2 aromatic carbocycles. The maximum atomic E-state index is 12.6. The van der Waals surface area contributed by atoms with Gasteiger partial charge < -0.3 is 15.4 Å². The number of hydrogen-bond acceptors (Lipinski definition) is 6. The maximum absolute atomic E-state index is 12.6. The van der Waals surface area contributed by atoms with Crippen LogP contribution in [0.25, 0.3) is 0 Å². The molecule has 0 radical (unpaired) electrons. The SMILES string of the molecule is COC(=O)c1ccccc1NC(=O)c1ccnc(Nc2c(C)cccc2C)n1. The van der Waals surface area contributed by atoms with Gasteiger partial charge in [0, 0.05) is 11.9 Å². The molecule has 7 nitrogen and oxygen atoms in total. The van der Waals surface area contributed by atoms with Crippen LogP contribution >= 0.6 is 0 Å². The van der Waals surface area contributed by atoms with Crippen molar-refractivity contribution in [3.63, 3.8) is 0 Å². The summed E-state index contributed by atoms with van der Waals surface area (Å²) in [6.45, 7) is 3.96. The normalized spacial score (nSPS) is 10.2. The van der Waals surface area contributed by atoms with E-state index in [1.807, 2.05) is 32.0 Å². The van der Waals surface area contributed by atoms with Crippen molar-refractivity contribution < 1.29 is 14.3 Å². The summed E-state index contributed by atoms with van der Waals surface area (Å²) in [5.41, 5.74) is 3.78. The van der Waals surface area contributed by atoms with Crippen LogP contribution in [0.5, 0.6) is 0 Å². The Morgan fingerprint density at radius 1 is 0.964 bits per heavy atom. The monoisotopic (exact) mass is 376 g/mol. The van der Waals surface area contributed by atoms with E-state index in [1.54, 1.807) is 24.3 Å². The van der Waals surface area contributed by atoms with E-state index in [1.165, 1.54) is 19.4 Å². The van der Waals surface area contributed by atoms with Crippen molar-refractivity contribution in [2.75, 3.05) is 17.7 Å². The number of aryl methyl sites for hydroxylation is 2. The average Bonchev–Trinajstić information content (AvgIpc) is 2.71. The lowest BCUT2D eigenvalue weighted by Crippen LogP contribution is -2.17. The molecule has 0 bridgehead atoms. The first-order valence-electron chi connectivity index (χ1n) is 8.64. The van der Waals surface area contributed by atoms with Gasteiger partial charge >= 0.3 is 5.97 Å². The topological polar surface area (TPSA) is 93.2 Å². The number of anilines is 3. The Morgan fingerprint density at radius 2 is 1.68 bits per heavy atom. The summed E-state index contributed by atoms with van der Waals surface area (Å²) in [4.78, 5) is 33.0. The summed E-state index contributed by atoms with van der Waals surface area (Å²) in [6.07, 6.45) is 1.50. The molecule has 1 heterocycles. The first-order chi connectivity index (χ1) is 13.5. The molecule has 28 heavy (non-hydrogen) atoms. The van der Waals surface area contributed by atoms with Crippen LogP contribution in [0.15, 0.2) is 54.7 Å². The molecule has 3 rings (SSSR count). The van der Waals surface area contributed by atoms with Crippen LogP contribution in [0.1, 0.15) is 32.0 Å². The van der Waals surface area contributed by atoms with Gasteiger partial charge in [0.25, 0.3) is 5.91 Å². The van der Waals surface area contributed by atoms with Gasteiger partial charge in [-0.15, -0.1) is 0 Å². The number of carbonyl (C=O) groups is 2. The van der Waals surface area contributed by atoms with E-state index < -0.39 is 11.9 Å². The second kappa shape index (κ2) is 8.30. The van der Waals surface area contributed by atoms with Crippen molar-refractivity contribution in [3.05, 3.63) is 77.1 Å². The van der Waals surface area contributed by atoms with E-state index in [9.17, 15) is 9.59 Å². The van der Waals surface area contributed by atoms with Gasteiger partial charge in [-0.25, -0.2) is 14.8 Å². The first-order valence-corrected chi connectivity index (χ1v) is 8.64. The smallest absolute Gasteiger partial charge is 0.339 e. The zero-order valence-corrected chi connectivity index (χ0v) is 15.8. The van der Waals surface area contributed by atoms with Crippen LogP contribution < -0.4 is 10.6 Å². The summed E-state index contributed by atoms with van der Waals surface area (Å²) in [7, 11) is 1.29. The van der Waals surface area contributed by atoms with Gasteiger partial charge in [-0.2, -0.15) is 0 Å². The molecular formula is C21H20N4O3. The number of hydrogen-bond donors (Lipinski definition) is 2. The Hall–Kier alpha value is -3.74. The third-order valence-electron chi connectivity index (χ3n) is 4.19. The number of carbonyl (C=O) groups excluding carboxylic acids is 2. The lowest BCUT2D eigenvalue weighted by Gasteiger charge is -2.12. The second-order valence-corrected chi connectivity index (χ2v) is 6.15. The highest BCUT2D eigenvalue weighted by Crippen LogP contribution is 2.22. The van der Waals surface area contributed by atoms with Crippen LogP contribution in [0.3, 0.4) is 0 Å². The number of rotatable bonds is 5. The lowest BCUT2D eigenvalue weighted by molar-refractivity contribution is 0.0602. The fourth-order valence-electron chi connectivity index (χ4n) is 2.74. The van der Waals surface area contributed by atoms with Gasteiger partial charge in [0.05, 0.1) is 18.4 Å². The molecule has 0 fully saturated rings. The molecule has 7 heteroatoms. The minimum atomic E-state index is -0.532. The van der Waals surface area contributed by atoms with E-state index >= 15 is 0 Å². The molecule has 1 amide bonds. The first kappa shape index (κ1) is 19.0. The molecule has 0 aliphatic heterocycles. The molecular weight excluding hydrogens is 356 g/mol. The molecule has 0 unspecified atom stereocenters. The summed E-state index contributed by atoms with van der Waals surface area (Å²) in [5.74, 6) is -0.675. The van der Waals surface area contributed by atoms with Crippen molar-refractivity contribution in [2.45, 2.75) is 13.8 Å². The molecule has 2 N–H and O–H groups in total. The Morgan fingerprint density at radius 3 is 2.39 bits per heavy atom. The summed E-state index contributed by atoms with van der Waals surface area (Å²) in [6, 6.07) is 14.1. The fourth-order valence-corrected chi connectivity index (χ4v) is 2.74. The summed E-state index contributed by atoms with van der Waals surface area (Å²) >= 11 is 0. The molecule has 0 saturated heterocycles. The van der Waals surface area contributed by atoms with Crippen molar-refractivity contribution in [2.24, 2.45) is 0 Å². The number of ether oxygens (including phenoxy) is 1. The standard InChI is InChI=1S/C21H20N4O3/c1-13-7-6-8-14(2)18(13)25-21-22-12-11-17(24-21)19(26)23-16-10-5-4-9-15(16)20(27)28-3/h4-12H,1-3H3,(H,23,26)(H,22,24,25). The van der Waals surface area contributed by atoms with Crippen molar-refractivity contribution in [1.82, 2.24) is 9.97 Å². The zero-order chi connectivity index (χ0) is 20.1. The molecule has 142 valence electrons. The molecule has 3 aromatic rings. The molecule has 1 aromatic heterocycles. The number of nitrogens with one attached hydrogen (secondary N) is 2. The predicted octanol–water partition coefficient (Wildman–Crippen LogP) is 3.88. The molecule has 0 spiro atoms. The van der Waals surface area contributed by atoms with E-state index in [0.717, 1.165) is 16.8 Å². The highest BCUT2D eigenvalue weighted by atomic mass is 16.5. The van der Waals surface area contributed by atoms with Gasteiger partial charge in [-0.1, -0.05) is 30.3 Å². The number of para-hydroxylation sites is 2. The predicted molar refractivity (Wildman–Crippen MR) is 107 cm³/mol. The molecule has 0 aliphatic carbocycles. The minimum Gasteiger partial charge on any atom is -0.465 e. The Labute approximate surface area is 162 Å². The molecule has 0 atom stereocenters.